The van der Waals surface area contributed by atoms with Crippen LogP contribution in [0.1, 0.15) is 5.56 Å². The van der Waals surface area contributed by atoms with Crippen molar-refractivity contribution in [2.24, 2.45) is 0 Å². The van der Waals surface area contributed by atoms with E-state index < -0.39 is 0 Å². The first-order valence-corrected chi connectivity index (χ1v) is 5.95. The van der Waals surface area contributed by atoms with Crippen molar-refractivity contribution in [3.05, 3.63) is 54.4 Å². The zero-order chi connectivity index (χ0) is 13.2. The number of nitrogen functional groups attached to an aromatic ring is 1. The maximum atomic E-state index is 6.15. The minimum atomic E-state index is 0.516. The van der Waals surface area contributed by atoms with E-state index in [0.717, 1.165) is 16.8 Å². The maximum Gasteiger partial charge on any atom is 0.155 e. The summed E-state index contributed by atoms with van der Waals surface area (Å²) in [6.45, 7) is 2.01. The summed E-state index contributed by atoms with van der Waals surface area (Å²) in [6, 6.07) is 11.7. The molecule has 0 bridgehead atoms. The molecule has 5 heteroatoms. The van der Waals surface area contributed by atoms with E-state index in [4.69, 9.17) is 5.73 Å². The maximum absolute atomic E-state index is 6.15. The fourth-order valence-electron chi connectivity index (χ4n) is 1.98. The van der Waals surface area contributed by atoms with E-state index in [-0.39, 0.29) is 0 Å². The van der Waals surface area contributed by atoms with Crippen molar-refractivity contribution in [3.63, 3.8) is 0 Å². The second-order valence-electron chi connectivity index (χ2n) is 4.26. The van der Waals surface area contributed by atoms with E-state index in [1.807, 2.05) is 43.3 Å². The van der Waals surface area contributed by atoms with Gasteiger partial charge in [0.15, 0.2) is 5.82 Å². The van der Waals surface area contributed by atoms with Crippen LogP contribution in [0.4, 0.5) is 5.82 Å². The Balaban J connectivity index is 2.12. The first kappa shape index (κ1) is 11.4. The molecule has 0 spiro atoms. The van der Waals surface area contributed by atoms with E-state index in [1.165, 1.54) is 0 Å². The standard InChI is InChI=1S/C14H13N5/c1-10-5-2-3-7-12(10)19-14(15)13(17-18-19)11-6-4-8-16-9-11/h2-9H,15H2,1H3. The Morgan fingerprint density at radius 1 is 1.11 bits per heavy atom. The molecule has 0 aliphatic heterocycles. The summed E-state index contributed by atoms with van der Waals surface area (Å²) >= 11 is 0. The van der Waals surface area contributed by atoms with Crippen LogP contribution in [0.15, 0.2) is 48.8 Å². The highest BCUT2D eigenvalue weighted by Crippen LogP contribution is 2.25. The molecule has 1 aromatic carbocycles. The van der Waals surface area contributed by atoms with Crippen molar-refractivity contribution in [3.8, 4) is 16.9 Å². The van der Waals surface area contributed by atoms with Gasteiger partial charge in [-0.2, -0.15) is 4.68 Å². The van der Waals surface area contributed by atoms with E-state index in [1.54, 1.807) is 17.1 Å². The zero-order valence-corrected chi connectivity index (χ0v) is 10.5. The number of pyridine rings is 1. The number of anilines is 1. The molecule has 3 aromatic rings. The summed E-state index contributed by atoms with van der Waals surface area (Å²) in [5, 5.41) is 8.29. The average molecular weight is 251 g/mol. The fraction of sp³-hybridized carbons (Fsp3) is 0.0714. The van der Waals surface area contributed by atoms with Crippen molar-refractivity contribution >= 4 is 5.82 Å². The van der Waals surface area contributed by atoms with Gasteiger partial charge in [-0.3, -0.25) is 4.98 Å². The van der Waals surface area contributed by atoms with Crippen LogP contribution in [-0.2, 0) is 0 Å². The highest BCUT2D eigenvalue weighted by Gasteiger charge is 2.13. The van der Waals surface area contributed by atoms with Gasteiger partial charge in [0.05, 0.1) is 5.69 Å². The summed E-state index contributed by atoms with van der Waals surface area (Å²) in [6.07, 6.45) is 3.44. The van der Waals surface area contributed by atoms with Crippen molar-refractivity contribution in [2.45, 2.75) is 6.92 Å². The Morgan fingerprint density at radius 2 is 1.95 bits per heavy atom. The number of rotatable bonds is 2. The van der Waals surface area contributed by atoms with Crippen molar-refractivity contribution in [2.75, 3.05) is 5.73 Å². The molecule has 5 nitrogen and oxygen atoms in total. The number of benzene rings is 1. The topological polar surface area (TPSA) is 69.6 Å². The number of nitrogens with two attached hydrogens (primary N) is 1. The molecule has 0 atom stereocenters. The van der Waals surface area contributed by atoms with E-state index >= 15 is 0 Å². The lowest BCUT2D eigenvalue weighted by molar-refractivity contribution is 0.806. The lowest BCUT2D eigenvalue weighted by Crippen LogP contribution is -2.03. The normalized spacial score (nSPS) is 10.6. The highest BCUT2D eigenvalue weighted by molar-refractivity contribution is 5.70. The van der Waals surface area contributed by atoms with Crippen LogP contribution in [0.5, 0.6) is 0 Å². The van der Waals surface area contributed by atoms with Crippen molar-refractivity contribution < 1.29 is 0 Å². The molecule has 0 saturated carbocycles. The van der Waals surface area contributed by atoms with Gasteiger partial charge in [-0.1, -0.05) is 23.4 Å². The molecule has 0 amide bonds. The lowest BCUT2D eigenvalue weighted by atomic mass is 10.2. The molecule has 0 unspecified atom stereocenters. The summed E-state index contributed by atoms with van der Waals surface area (Å²) in [7, 11) is 0. The molecule has 0 aliphatic rings. The minimum Gasteiger partial charge on any atom is -0.382 e. The van der Waals surface area contributed by atoms with Gasteiger partial charge in [0.1, 0.15) is 5.69 Å². The van der Waals surface area contributed by atoms with Gasteiger partial charge in [-0.05, 0) is 30.7 Å². The molecule has 19 heavy (non-hydrogen) atoms. The number of aryl methyl sites for hydroxylation is 1. The molecule has 0 saturated heterocycles. The van der Waals surface area contributed by atoms with Gasteiger partial charge in [0.25, 0.3) is 0 Å². The number of aromatic nitrogens is 4. The zero-order valence-electron chi connectivity index (χ0n) is 10.5. The predicted molar refractivity (Wildman–Crippen MR) is 73.7 cm³/mol. The Kier molecular flexibility index (Phi) is 2.72. The van der Waals surface area contributed by atoms with Gasteiger partial charge < -0.3 is 5.73 Å². The first-order chi connectivity index (χ1) is 9.27. The molecule has 94 valence electrons. The number of hydrogen-bond donors (Lipinski definition) is 1. The molecule has 2 N–H and O–H groups in total. The Labute approximate surface area is 110 Å². The molecule has 0 fully saturated rings. The lowest BCUT2D eigenvalue weighted by Gasteiger charge is -2.06. The summed E-state index contributed by atoms with van der Waals surface area (Å²) in [4.78, 5) is 4.07. The van der Waals surface area contributed by atoms with E-state index in [0.29, 0.717) is 11.5 Å². The largest absolute Gasteiger partial charge is 0.382 e. The highest BCUT2D eigenvalue weighted by atomic mass is 15.5. The summed E-state index contributed by atoms with van der Waals surface area (Å²) in [5.41, 5.74) is 9.68. The van der Waals surface area contributed by atoms with Crippen molar-refractivity contribution in [1.29, 1.82) is 0 Å². The second-order valence-corrected chi connectivity index (χ2v) is 4.26. The molecule has 3 rings (SSSR count). The molecular formula is C14H13N5. The van der Waals surface area contributed by atoms with Gasteiger partial charge in [-0.15, -0.1) is 5.10 Å². The van der Waals surface area contributed by atoms with Gasteiger partial charge in [0, 0.05) is 18.0 Å². The molecule has 0 radical (unpaired) electrons. The van der Waals surface area contributed by atoms with Gasteiger partial charge in [0.2, 0.25) is 0 Å². The fourth-order valence-corrected chi connectivity index (χ4v) is 1.98. The van der Waals surface area contributed by atoms with E-state index in [9.17, 15) is 0 Å². The number of nitrogens with zero attached hydrogens (tertiary/aromatic N) is 4. The smallest absolute Gasteiger partial charge is 0.155 e. The van der Waals surface area contributed by atoms with Gasteiger partial charge >= 0.3 is 0 Å². The van der Waals surface area contributed by atoms with Crippen LogP contribution >= 0.6 is 0 Å². The van der Waals surface area contributed by atoms with Crippen molar-refractivity contribution in [1.82, 2.24) is 20.0 Å². The third kappa shape index (κ3) is 1.95. The Bertz CT molecular complexity index is 703. The summed E-state index contributed by atoms with van der Waals surface area (Å²) in [5.74, 6) is 0.516. The third-order valence-electron chi connectivity index (χ3n) is 2.98. The Morgan fingerprint density at radius 3 is 2.68 bits per heavy atom. The second kappa shape index (κ2) is 4.53. The average Bonchev–Trinajstić information content (AvgIpc) is 2.82. The molecule has 2 aromatic heterocycles. The van der Waals surface area contributed by atoms with Crippen LogP contribution in [0, 0.1) is 6.92 Å². The predicted octanol–water partition coefficient (Wildman–Crippen LogP) is 2.22. The molecule has 0 aliphatic carbocycles. The molecule has 2 heterocycles. The monoisotopic (exact) mass is 251 g/mol. The number of para-hydroxylation sites is 1. The van der Waals surface area contributed by atoms with Crippen LogP contribution in [0.25, 0.3) is 16.9 Å². The third-order valence-corrected chi connectivity index (χ3v) is 2.98. The Hall–Kier alpha value is -2.69. The SMILES string of the molecule is Cc1ccccc1-n1nnc(-c2cccnc2)c1N. The van der Waals surface area contributed by atoms with Crippen LogP contribution < -0.4 is 5.73 Å². The van der Waals surface area contributed by atoms with E-state index in [2.05, 4.69) is 15.3 Å². The number of hydrogen-bond acceptors (Lipinski definition) is 4. The quantitative estimate of drug-likeness (QED) is 0.758. The first-order valence-electron chi connectivity index (χ1n) is 5.95. The minimum absolute atomic E-state index is 0.516. The summed E-state index contributed by atoms with van der Waals surface area (Å²) < 4.78 is 1.65. The van der Waals surface area contributed by atoms with Crippen LogP contribution in [0.3, 0.4) is 0 Å². The van der Waals surface area contributed by atoms with Crippen LogP contribution in [-0.4, -0.2) is 20.0 Å². The molecular weight excluding hydrogens is 238 g/mol. The van der Waals surface area contributed by atoms with Gasteiger partial charge in [-0.25, -0.2) is 0 Å². The van der Waals surface area contributed by atoms with Crippen LogP contribution in [0.2, 0.25) is 0 Å².